The predicted octanol–water partition coefficient (Wildman–Crippen LogP) is 3.54. The second kappa shape index (κ2) is 5.81. The van der Waals surface area contributed by atoms with Crippen molar-refractivity contribution in [2.45, 2.75) is 31.2 Å². The molecule has 2 aliphatic heterocycles. The van der Waals surface area contributed by atoms with E-state index >= 15 is 0 Å². The first-order chi connectivity index (χ1) is 11.2. The van der Waals surface area contributed by atoms with Crippen molar-refractivity contribution < 1.29 is 9.59 Å². The predicted molar refractivity (Wildman–Crippen MR) is 90.4 cm³/mol. The molecule has 1 aromatic heterocycles. The van der Waals surface area contributed by atoms with Gasteiger partial charge in [-0.1, -0.05) is 24.3 Å². The largest absolute Gasteiger partial charge is 0.335 e. The number of para-hydroxylation sites is 1. The van der Waals surface area contributed by atoms with E-state index in [1.54, 1.807) is 11.3 Å². The molecule has 0 unspecified atom stereocenters. The van der Waals surface area contributed by atoms with Crippen molar-refractivity contribution >= 4 is 28.8 Å². The van der Waals surface area contributed by atoms with Gasteiger partial charge in [0.2, 0.25) is 11.8 Å². The van der Waals surface area contributed by atoms with Crippen LogP contribution in [0.25, 0.3) is 0 Å². The molecular formula is C18H18N2O2S. The van der Waals surface area contributed by atoms with Gasteiger partial charge in [0.05, 0.1) is 12.0 Å². The number of hydrogen-bond donors (Lipinski definition) is 1. The Morgan fingerprint density at radius 2 is 2.13 bits per heavy atom. The third-order valence-corrected chi connectivity index (χ3v) is 5.71. The standard InChI is InChI=1S/C18H18N2O2S/c21-17(20-9-3-7-15(20)16-8-4-10-23-16)11-13-12-5-1-2-6-14(12)19-18(13)22/h1-2,4-6,8,10,13,15H,3,7,9,11H2,(H,19,22)/t13-,15-/m0/s1. The Morgan fingerprint density at radius 3 is 2.96 bits per heavy atom. The zero-order valence-electron chi connectivity index (χ0n) is 12.7. The number of nitrogens with zero attached hydrogens (tertiary/aromatic N) is 1. The van der Waals surface area contributed by atoms with E-state index in [4.69, 9.17) is 0 Å². The zero-order chi connectivity index (χ0) is 15.8. The van der Waals surface area contributed by atoms with Gasteiger partial charge >= 0.3 is 0 Å². The molecule has 23 heavy (non-hydrogen) atoms. The molecule has 0 spiro atoms. The third-order valence-electron chi connectivity index (χ3n) is 4.73. The van der Waals surface area contributed by atoms with Crippen LogP contribution in [0, 0.1) is 0 Å². The summed E-state index contributed by atoms with van der Waals surface area (Å²) in [5.74, 6) is -0.340. The molecule has 2 amide bonds. The summed E-state index contributed by atoms with van der Waals surface area (Å²) in [6.45, 7) is 0.789. The third kappa shape index (κ3) is 2.55. The lowest BCUT2D eigenvalue weighted by Crippen LogP contribution is -2.32. The molecule has 1 saturated heterocycles. The molecule has 1 aromatic carbocycles. The van der Waals surface area contributed by atoms with Crippen molar-refractivity contribution in [3.8, 4) is 0 Å². The van der Waals surface area contributed by atoms with E-state index in [1.165, 1.54) is 4.88 Å². The number of rotatable bonds is 3. The first-order valence-corrected chi connectivity index (χ1v) is 8.84. The number of amides is 2. The highest BCUT2D eigenvalue weighted by Gasteiger charge is 2.36. The summed E-state index contributed by atoms with van der Waals surface area (Å²) in [7, 11) is 0. The lowest BCUT2D eigenvalue weighted by molar-refractivity contribution is -0.134. The fraction of sp³-hybridized carbons (Fsp3) is 0.333. The number of hydrogen-bond acceptors (Lipinski definition) is 3. The van der Waals surface area contributed by atoms with Crippen molar-refractivity contribution in [1.29, 1.82) is 0 Å². The SMILES string of the molecule is O=C1Nc2ccccc2[C@@H]1CC(=O)N1CCC[C@H]1c1cccs1. The second-order valence-electron chi connectivity index (χ2n) is 6.09. The van der Waals surface area contributed by atoms with Crippen LogP contribution >= 0.6 is 11.3 Å². The fourth-order valence-corrected chi connectivity index (χ4v) is 4.49. The average Bonchev–Trinajstić information content (AvgIpc) is 3.26. The quantitative estimate of drug-likeness (QED) is 0.938. The molecule has 0 saturated carbocycles. The smallest absolute Gasteiger partial charge is 0.232 e. The summed E-state index contributed by atoms with van der Waals surface area (Å²) in [5, 5.41) is 4.93. The summed E-state index contributed by atoms with van der Waals surface area (Å²) < 4.78 is 0. The molecule has 1 fully saturated rings. The maximum atomic E-state index is 12.8. The Labute approximate surface area is 139 Å². The van der Waals surface area contributed by atoms with Crippen molar-refractivity contribution in [3.05, 3.63) is 52.2 Å². The van der Waals surface area contributed by atoms with Gasteiger partial charge in [0, 0.05) is 23.5 Å². The maximum Gasteiger partial charge on any atom is 0.232 e. The van der Waals surface area contributed by atoms with E-state index in [0.29, 0.717) is 0 Å². The molecule has 2 aromatic rings. The Balaban J connectivity index is 1.53. The van der Waals surface area contributed by atoms with E-state index < -0.39 is 0 Å². The van der Waals surface area contributed by atoms with Crippen molar-refractivity contribution in [2.75, 3.05) is 11.9 Å². The molecule has 3 heterocycles. The van der Waals surface area contributed by atoms with Crippen LogP contribution in [0.1, 0.15) is 41.7 Å². The minimum Gasteiger partial charge on any atom is -0.335 e. The first-order valence-electron chi connectivity index (χ1n) is 7.96. The molecule has 4 rings (SSSR count). The number of thiophene rings is 1. The molecule has 0 bridgehead atoms. The number of carbonyl (C=O) groups is 2. The topological polar surface area (TPSA) is 49.4 Å². The Hall–Kier alpha value is -2.14. The summed E-state index contributed by atoms with van der Waals surface area (Å²) >= 11 is 1.70. The van der Waals surface area contributed by atoms with Gasteiger partial charge in [-0.05, 0) is 35.9 Å². The number of anilines is 1. The van der Waals surface area contributed by atoms with Crippen LogP contribution in [-0.4, -0.2) is 23.3 Å². The Morgan fingerprint density at radius 1 is 1.26 bits per heavy atom. The number of nitrogens with one attached hydrogen (secondary N) is 1. The molecular weight excluding hydrogens is 308 g/mol. The number of carbonyl (C=O) groups excluding carboxylic acids is 2. The average molecular weight is 326 g/mol. The highest BCUT2D eigenvalue weighted by Crippen LogP contribution is 2.38. The Kier molecular flexibility index (Phi) is 3.65. The van der Waals surface area contributed by atoms with Crippen LogP contribution in [0.5, 0.6) is 0 Å². The minimum atomic E-state index is -0.358. The van der Waals surface area contributed by atoms with E-state index in [9.17, 15) is 9.59 Å². The van der Waals surface area contributed by atoms with Gasteiger partial charge in [-0.2, -0.15) is 0 Å². The van der Waals surface area contributed by atoms with Crippen LogP contribution < -0.4 is 5.32 Å². The molecule has 4 nitrogen and oxygen atoms in total. The van der Waals surface area contributed by atoms with Crippen LogP contribution in [-0.2, 0) is 9.59 Å². The van der Waals surface area contributed by atoms with Gasteiger partial charge in [-0.25, -0.2) is 0 Å². The Bertz CT molecular complexity index is 741. The normalized spacial score (nSPS) is 23.0. The van der Waals surface area contributed by atoms with Crippen molar-refractivity contribution in [2.24, 2.45) is 0 Å². The lowest BCUT2D eigenvalue weighted by Gasteiger charge is -2.25. The summed E-state index contributed by atoms with van der Waals surface area (Å²) in [6.07, 6.45) is 2.30. The maximum absolute atomic E-state index is 12.8. The second-order valence-corrected chi connectivity index (χ2v) is 7.07. The van der Waals surface area contributed by atoms with Gasteiger partial charge < -0.3 is 10.2 Å². The lowest BCUT2D eigenvalue weighted by atomic mass is 9.96. The molecule has 2 atom stereocenters. The highest BCUT2D eigenvalue weighted by atomic mass is 32.1. The van der Waals surface area contributed by atoms with Crippen molar-refractivity contribution in [1.82, 2.24) is 4.90 Å². The highest BCUT2D eigenvalue weighted by molar-refractivity contribution is 7.10. The van der Waals surface area contributed by atoms with Crippen LogP contribution in [0.4, 0.5) is 5.69 Å². The van der Waals surface area contributed by atoms with Gasteiger partial charge in [0.25, 0.3) is 0 Å². The monoisotopic (exact) mass is 326 g/mol. The first kappa shape index (κ1) is 14.5. The summed E-state index contributed by atoms with van der Waals surface area (Å²) in [6, 6.07) is 12.0. The van der Waals surface area contributed by atoms with Crippen LogP contribution in [0.15, 0.2) is 41.8 Å². The molecule has 118 valence electrons. The number of likely N-dealkylation sites (tertiary alicyclic amines) is 1. The molecule has 5 heteroatoms. The van der Waals surface area contributed by atoms with Gasteiger partial charge in [-0.15, -0.1) is 11.3 Å². The molecule has 0 aliphatic carbocycles. The van der Waals surface area contributed by atoms with Gasteiger partial charge in [0.1, 0.15) is 0 Å². The van der Waals surface area contributed by atoms with E-state index in [0.717, 1.165) is 30.6 Å². The molecule has 0 radical (unpaired) electrons. The molecule has 2 aliphatic rings. The van der Waals surface area contributed by atoms with E-state index in [2.05, 4.69) is 16.8 Å². The summed E-state index contributed by atoms with van der Waals surface area (Å²) in [5.41, 5.74) is 1.78. The van der Waals surface area contributed by atoms with Crippen molar-refractivity contribution in [3.63, 3.8) is 0 Å². The molecule has 1 N–H and O–H groups in total. The zero-order valence-corrected chi connectivity index (χ0v) is 13.5. The fourth-order valence-electron chi connectivity index (χ4n) is 3.61. The van der Waals surface area contributed by atoms with Gasteiger partial charge in [0.15, 0.2) is 0 Å². The number of benzene rings is 1. The van der Waals surface area contributed by atoms with Gasteiger partial charge in [-0.3, -0.25) is 9.59 Å². The van der Waals surface area contributed by atoms with Crippen LogP contribution in [0.2, 0.25) is 0 Å². The van der Waals surface area contributed by atoms with E-state index in [-0.39, 0.29) is 30.2 Å². The van der Waals surface area contributed by atoms with Crippen LogP contribution in [0.3, 0.4) is 0 Å². The van der Waals surface area contributed by atoms with E-state index in [1.807, 2.05) is 35.2 Å². The summed E-state index contributed by atoms with van der Waals surface area (Å²) in [4.78, 5) is 28.2. The number of fused-ring (bicyclic) bond motifs is 1. The minimum absolute atomic E-state index is 0.0635.